The number of anilines is 3. The van der Waals surface area contributed by atoms with Crippen molar-refractivity contribution < 1.29 is 9.59 Å². The van der Waals surface area contributed by atoms with Gasteiger partial charge in [-0.05, 0) is 36.4 Å². The van der Waals surface area contributed by atoms with Crippen LogP contribution in [-0.2, 0) is 9.59 Å². The molecule has 2 aliphatic heterocycles. The SMILES string of the molecule is CN(C)c1ccc(N2CCN(C(=O)C3CC(=O)N(c4ccc(Cl)cc4)C3)CC2)nn1. The maximum absolute atomic E-state index is 13.0. The Morgan fingerprint density at radius 1 is 1.03 bits per heavy atom. The van der Waals surface area contributed by atoms with Gasteiger partial charge in [-0.3, -0.25) is 9.59 Å². The van der Waals surface area contributed by atoms with Crippen LogP contribution >= 0.6 is 11.6 Å². The van der Waals surface area contributed by atoms with Crippen LogP contribution in [0.5, 0.6) is 0 Å². The molecule has 0 radical (unpaired) electrons. The molecule has 158 valence electrons. The van der Waals surface area contributed by atoms with Gasteiger partial charge < -0.3 is 19.6 Å². The van der Waals surface area contributed by atoms with Crippen LogP contribution in [0.3, 0.4) is 0 Å². The van der Waals surface area contributed by atoms with E-state index < -0.39 is 0 Å². The molecule has 2 aromatic rings. The average Bonchev–Trinajstić information content (AvgIpc) is 3.15. The average molecular weight is 429 g/mol. The second-order valence-corrected chi connectivity index (χ2v) is 8.27. The number of carbonyl (C=O) groups excluding carboxylic acids is 2. The Labute approximate surface area is 181 Å². The molecule has 0 N–H and O–H groups in total. The monoisotopic (exact) mass is 428 g/mol. The van der Waals surface area contributed by atoms with E-state index in [-0.39, 0.29) is 24.2 Å². The highest BCUT2D eigenvalue weighted by atomic mass is 35.5. The van der Waals surface area contributed by atoms with Crippen molar-refractivity contribution in [1.82, 2.24) is 15.1 Å². The number of piperazine rings is 1. The topological polar surface area (TPSA) is 72.9 Å². The van der Waals surface area contributed by atoms with E-state index in [0.717, 1.165) is 17.3 Å². The van der Waals surface area contributed by atoms with Gasteiger partial charge in [0.05, 0.1) is 5.92 Å². The van der Waals surface area contributed by atoms with E-state index in [4.69, 9.17) is 11.6 Å². The molecule has 0 bridgehead atoms. The van der Waals surface area contributed by atoms with Gasteiger partial charge in [0.2, 0.25) is 11.8 Å². The summed E-state index contributed by atoms with van der Waals surface area (Å²) < 4.78 is 0. The summed E-state index contributed by atoms with van der Waals surface area (Å²) in [7, 11) is 3.85. The maximum atomic E-state index is 13.0. The molecule has 8 nitrogen and oxygen atoms in total. The van der Waals surface area contributed by atoms with E-state index in [9.17, 15) is 9.59 Å². The summed E-state index contributed by atoms with van der Waals surface area (Å²) in [6, 6.07) is 11.0. The van der Waals surface area contributed by atoms with Crippen molar-refractivity contribution in [3.63, 3.8) is 0 Å². The zero-order valence-corrected chi connectivity index (χ0v) is 17.9. The van der Waals surface area contributed by atoms with Crippen molar-refractivity contribution >= 4 is 40.7 Å². The van der Waals surface area contributed by atoms with Gasteiger partial charge in [0, 0.05) is 63.9 Å². The third kappa shape index (κ3) is 4.18. The van der Waals surface area contributed by atoms with Crippen LogP contribution in [0.2, 0.25) is 5.02 Å². The van der Waals surface area contributed by atoms with E-state index in [2.05, 4.69) is 15.1 Å². The van der Waals surface area contributed by atoms with Gasteiger partial charge in [0.15, 0.2) is 11.6 Å². The molecule has 9 heteroatoms. The first-order valence-electron chi connectivity index (χ1n) is 10.0. The number of aromatic nitrogens is 2. The van der Waals surface area contributed by atoms with E-state index >= 15 is 0 Å². The van der Waals surface area contributed by atoms with Crippen LogP contribution in [0, 0.1) is 5.92 Å². The summed E-state index contributed by atoms with van der Waals surface area (Å²) in [5, 5.41) is 9.15. The van der Waals surface area contributed by atoms with Gasteiger partial charge in [-0.15, -0.1) is 10.2 Å². The van der Waals surface area contributed by atoms with Crippen molar-refractivity contribution in [1.29, 1.82) is 0 Å². The first kappa shape index (κ1) is 20.4. The van der Waals surface area contributed by atoms with Gasteiger partial charge in [-0.25, -0.2) is 0 Å². The third-order valence-corrected chi connectivity index (χ3v) is 5.87. The number of nitrogens with zero attached hydrogens (tertiary/aromatic N) is 6. The summed E-state index contributed by atoms with van der Waals surface area (Å²) >= 11 is 5.93. The van der Waals surface area contributed by atoms with Crippen molar-refractivity contribution in [2.24, 2.45) is 5.92 Å². The minimum Gasteiger partial charge on any atom is -0.361 e. The van der Waals surface area contributed by atoms with Crippen molar-refractivity contribution in [3.8, 4) is 0 Å². The van der Waals surface area contributed by atoms with E-state index in [1.807, 2.05) is 48.2 Å². The normalized spacial score (nSPS) is 19.4. The molecule has 1 atom stereocenters. The number of hydrogen-bond acceptors (Lipinski definition) is 6. The van der Waals surface area contributed by atoms with Crippen LogP contribution in [-0.4, -0.2) is 73.7 Å². The summed E-state index contributed by atoms with van der Waals surface area (Å²) in [5.74, 6) is 1.35. The first-order chi connectivity index (χ1) is 14.4. The molecule has 0 aliphatic carbocycles. The molecular weight excluding hydrogens is 404 g/mol. The molecule has 30 heavy (non-hydrogen) atoms. The summed E-state index contributed by atoms with van der Waals surface area (Å²) in [6.45, 7) is 3.03. The summed E-state index contributed by atoms with van der Waals surface area (Å²) in [5.41, 5.74) is 0.782. The zero-order chi connectivity index (χ0) is 21.3. The number of halogens is 1. The van der Waals surface area contributed by atoms with Gasteiger partial charge >= 0.3 is 0 Å². The molecule has 0 spiro atoms. The highest BCUT2D eigenvalue weighted by Gasteiger charge is 2.38. The Balaban J connectivity index is 1.34. The molecule has 2 saturated heterocycles. The molecule has 2 aliphatic rings. The summed E-state index contributed by atoms with van der Waals surface area (Å²) in [4.78, 5) is 33.1. The quantitative estimate of drug-likeness (QED) is 0.740. The minimum absolute atomic E-state index is 0.0226. The molecule has 4 rings (SSSR count). The molecule has 0 saturated carbocycles. The standard InChI is InChI=1S/C21H25ClN6O2/c1-25(2)18-7-8-19(24-23-18)26-9-11-27(12-10-26)21(30)15-13-20(29)28(14-15)17-5-3-16(22)4-6-17/h3-8,15H,9-14H2,1-2H3. The Hall–Kier alpha value is -2.87. The number of carbonyl (C=O) groups is 2. The molecule has 1 aromatic carbocycles. The largest absolute Gasteiger partial charge is 0.361 e. The van der Waals surface area contributed by atoms with Crippen LogP contribution in [0.25, 0.3) is 0 Å². The van der Waals surface area contributed by atoms with E-state index in [0.29, 0.717) is 37.7 Å². The van der Waals surface area contributed by atoms with E-state index in [1.54, 1.807) is 17.0 Å². The van der Waals surface area contributed by atoms with Gasteiger partial charge in [0.25, 0.3) is 0 Å². The third-order valence-electron chi connectivity index (χ3n) is 5.62. The Morgan fingerprint density at radius 3 is 2.33 bits per heavy atom. The fraction of sp³-hybridized carbons (Fsp3) is 0.429. The highest BCUT2D eigenvalue weighted by Crippen LogP contribution is 2.28. The predicted molar refractivity (Wildman–Crippen MR) is 117 cm³/mol. The van der Waals surface area contributed by atoms with Gasteiger partial charge in [-0.1, -0.05) is 11.6 Å². The number of hydrogen-bond donors (Lipinski definition) is 0. The van der Waals surface area contributed by atoms with Crippen LogP contribution in [0.15, 0.2) is 36.4 Å². The van der Waals surface area contributed by atoms with Crippen molar-refractivity contribution in [2.45, 2.75) is 6.42 Å². The molecule has 1 aromatic heterocycles. The predicted octanol–water partition coefficient (Wildman–Crippen LogP) is 1.90. The summed E-state index contributed by atoms with van der Waals surface area (Å²) in [6.07, 6.45) is 0.249. The highest BCUT2D eigenvalue weighted by molar-refractivity contribution is 6.30. The molecular formula is C21H25ClN6O2. The fourth-order valence-corrected chi connectivity index (χ4v) is 4.01. The lowest BCUT2D eigenvalue weighted by atomic mass is 10.1. The fourth-order valence-electron chi connectivity index (χ4n) is 3.88. The maximum Gasteiger partial charge on any atom is 0.228 e. The number of amides is 2. The van der Waals surface area contributed by atoms with E-state index in [1.165, 1.54) is 0 Å². The van der Waals surface area contributed by atoms with Gasteiger partial charge in [-0.2, -0.15) is 0 Å². The lowest BCUT2D eigenvalue weighted by Crippen LogP contribution is -2.51. The second-order valence-electron chi connectivity index (χ2n) is 7.84. The lowest BCUT2D eigenvalue weighted by molar-refractivity contribution is -0.136. The Kier molecular flexibility index (Phi) is 5.76. The molecule has 2 fully saturated rings. The van der Waals surface area contributed by atoms with Crippen LogP contribution in [0.1, 0.15) is 6.42 Å². The Bertz CT molecular complexity index is 910. The second kappa shape index (κ2) is 8.47. The Morgan fingerprint density at radius 2 is 1.73 bits per heavy atom. The van der Waals surface area contributed by atoms with Crippen LogP contribution in [0.4, 0.5) is 17.3 Å². The minimum atomic E-state index is -0.307. The number of rotatable bonds is 4. The van der Waals surface area contributed by atoms with Gasteiger partial charge in [0.1, 0.15) is 0 Å². The number of benzene rings is 1. The first-order valence-corrected chi connectivity index (χ1v) is 10.4. The smallest absolute Gasteiger partial charge is 0.228 e. The molecule has 2 amide bonds. The van der Waals surface area contributed by atoms with Crippen molar-refractivity contribution in [2.75, 3.05) is 61.5 Å². The van der Waals surface area contributed by atoms with Crippen LogP contribution < -0.4 is 14.7 Å². The zero-order valence-electron chi connectivity index (χ0n) is 17.2. The lowest BCUT2D eigenvalue weighted by Gasteiger charge is -2.36. The van der Waals surface area contributed by atoms with Crippen molar-refractivity contribution in [3.05, 3.63) is 41.4 Å². The molecule has 1 unspecified atom stereocenters. The molecule has 3 heterocycles.